The maximum absolute atomic E-state index is 5.39. The standard InChI is InChI=1S/C7H15NO2.ClH/c1-9-6-3-7-8-4-2-5-10-7;/h7-8H,2-6H2,1H3;1H. The third kappa shape index (κ3) is 4.58. The van der Waals surface area contributed by atoms with Gasteiger partial charge < -0.3 is 9.47 Å². The SMILES string of the molecule is COCCC1NCCCO1.Cl. The minimum atomic E-state index is 0. The summed E-state index contributed by atoms with van der Waals surface area (Å²) in [5.74, 6) is 0. The van der Waals surface area contributed by atoms with E-state index in [1.807, 2.05) is 0 Å². The van der Waals surface area contributed by atoms with Gasteiger partial charge in [-0.25, -0.2) is 0 Å². The lowest BCUT2D eigenvalue weighted by Gasteiger charge is -2.23. The van der Waals surface area contributed by atoms with E-state index in [2.05, 4.69) is 5.32 Å². The van der Waals surface area contributed by atoms with Crippen LogP contribution in [0.3, 0.4) is 0 Å². The van der Waals surface area contributed by atoms with Crippen molar-refractivity contribution in [3.63, 3.8) is 0 Å². The predicted octanol–water partition coefficient (Wildman–Crippen LogP) is 0.781. The van der Waals surface area contributed by atoms with Gasteiger partial charge >= 0.3 is 0 Å². The number of rotatable bonds is 3. The molecule has 3 nitrogen and oxygen atoms in total. The van der Waals surface area contributed by atoms with Gasteiger partial charge in [-0.2, -0.15) is 0 Å². The van der Waals surface area contributed by atoms with E-state index in [1.54, 1.807) is 7.11 Å². The van der Waals surface area contributed by atoms with Crippen LogP contribution in [0.1, 0.15) is 12.8 Å². The average molecular weight is 182 g/mol. The molecule has 1 aliphatic rings. The summed E-state index contributed by atoms with van der Waals surface area (Å²) in [5.41, 5.74) is 0. The van der Waals surface area contributed by atoms with Gasteiger partial charge in [0.25, 0.3) is 0 Å². The van der Waals surface area contributed by atoms with Crippen molar-refractivity contribution in [3.05, 3.63) is 0 Å². The molecule has 0 amide bonds. The van der Waals surface area contributed by atoms with Crippen LogP contribution in [0, 0.1) is 0 Å². The minimum Gasteiger partial charge on any atom is -0.385 e. The Labute approximate surface area is 73.9 Å². The molecule has 0 radical (unpaired) electrons. The fourth-order valence-electron chi connectivity index (χ4n) is 1.03. The van der Waals surface area contributed by atoms with E-state index in [4.69, 9.17) is 9.47 Å². The molecule has 1 saturated heterocycles. The molecule has 0 aliphatic carbocycles. The Morgan fingerprint density at radius 2 is 2.45 bits per heavy atom. The second-order valence-electron chi connectivity index (χ2n) is 2.45. The first-order valence-electron chi connectivity index (χ1n) is 3.77. The highest BCUT2D eigenvalue weighted by Gasteiger charge is 2.10. The Hall–Kier alpha value is 0.170. The van der Waals surface area contributed by atoms with Gasteiger partial charge in [-0.1, -0.05) is 0 Å². The van der Waals surface area contributed by atoms with E-state index in [1.165, 1.54) is 0 Å². The number of methoxy groups -OCH3 is 1. The fourth-order valence-corrected chi connectivity index (χ4v) is 1.03. The summed E-state index contributed by atoms with van der Waals surface area (Å²) in [6.45, 7) is 2.74. The summed E-state index contributed by atoms with van der Waals surface area (Å²) >= 11 is 0. The Balaban J connectivity index is 0.000001000. The topological polar surface area (TPSA) is 30.5 Å². The normalized spacial score (nSPS) is 24.3. The van der Waals surface area contributed by atoms with Crippen molar-refractivity contribution in [2.75, 3.05) is 26.9 Å². The van der Waals surface area contributed by atoms with Gasteiger partial charge in [-0.3, -0.25) is 5.32 Å². The highest BCUT2D eigenvalue weighted by atomic mass is 35.5. The molecule has 68 valence electrons. The molecule has 1 N–H and O–H groups in total. The molecular weight excluding hydrogens is 166 g/mol. The highest BCUT2D eigenvalue weighted by molar-refractivity contribution is 5.85. The maximum Gasteiger partial charge on any atom is 0.110 e. The summed E-state index contributed by atoms with van der Waals surface area (Å²) in [6.07, 6.45) is 2.31. The molecule has 0 aromatic carbocycles. The molecule has 1 unspecified atom stereocenters. The molecule has 1 rings (SSSR count). The minimum absolute atomic E-state index is 0. The lowest BCUT2D eigenvalue weighted by Crippen LogP contribution is -2.38. The average Bonchev–Trinajstić information content (AvgIpc) is 2.03. The van der Waals surface area contributed by atoms with Gasteiger partial charge in [0.05, 0.1) is 0 Å². The van der Waals surface area contributed by atoms with Crippen molar-refractivity contribution in [1.82, 2.24) is 5.32 Å². The van der Waals surface area contributed by atoms with Gasteiger partial charge in [0.2, 0.25) is 0 Å². The van der Waals surface area contributed by atoms with Gasteiger partial charge in [-0.05, 0) is 13.0 Å². The zero-order valence-corrected chi connectivity index (χ0v) is 7.65. The van der Waals surface area contributed by atoms with Crippen LogP contribution >= 0.6 is 12.4 Å². The fraction of sp³-hybridized carbons (Fsp3) is 1.00. The van der Waals surface area contributed by atoms with Crippen molar-refractivity contribution >= 4 is 12.4 Å². The molecule has 11 heavy (non-hydrogen) atoms. The van der Waals surface area contributed by atoms with E-state index < -0.39 is 0 Å². The van der Waals surface area contributed by atoms with Gasteiger partial charge in [-0.15, -0.1) is 12.4 Å². The molecule has 0 bridgehead atoms. The molecule has 0 spiro atoms. The van der Waals surface area contributed by atoms with Crippen LogP contribution in [-0.4, -0.2) is 33.1 Å². The molecule has 0 aromatic heterocycles. The van der Waals surface area contributed by atoms with Crippen LogP contribution in [0.25, 0.3) is 0 Å². The lowest BCUT2D eigenvalue weighted by atomic mass is 10.3. The quantitative estimate of drug-likeness (QED) is 0.698. The summed E-state index contributed by atoms with van der Waals surface area (Å²) in [6, 6.07) is 0. The van der Waals surface area contributed by atoms with Gasteiger partial charge in [0.1, 0.15) is 6.23 Å². The van der Waals surface area contributed by atoms with E-state index in [0.717, 1.165) is 32.6 Å². The molecular formula is C7H16ClNO2. The Morgan fingerprint density at radius 3 is 3.00 bits per heavy atom. The first-order valence-corrected chi connectivity index (χ1v) is 3.77. The van der Waals surface area contributed by atoms with Crippen molar-refractivity contribution in [1.29, 1.82) is 0 Å². The molecule has 1 fully saturated rings. The van der Waals surface area contributed by atoms with Crippen molar-refractivity contribution in [2.24, 2.45) is 0 Å². The van der Waals surface area contributed by atoms with E-state index in [9.17, 15) is 0 Å². The molecule has 1 atom stereocenters. The monoisotopic (exact) mass is 181 g/mol. The van der Waals surface area contributed by atoms with Crippen LogP contribution in [0.15, 0.2) is 0 Å². The zero-order valence-electron chi connectivity index (χ0n) is 6.84. The van der Waals surface area contributed by atoms with E-state index in [0.29, 0.717) is 0 Å². The summed E-state index contributed by atoms with van der Waals surface area (Å²) in [4.78, 5) is 0. The lowest BCUT2D eigenvalue weighted by molar-refractivity contribution is -0.0161. The molecule has 0 saturated carbocycles. The molecule has 4 heteroatoms. The van der Waals surface area contributed by atoms with Crippen molar-refractivity contribution < 1.29 is 9.47 Å². The zero-order chi connectivity index (χ0) is 7.23. The Bertz CT molecular complexity index is 86.5. The van der Waals surface area contributed by atoms with Crippen LogP contribution in [-0.2, 0) is 9.47 Å². The van der Waals surface area contributed by atoms with Crippen molar-refractivity contribution in [2.45, 2.75) is 19.1 Å². The van der Waals surface area contributed by atoms with Gasteiger partial charge in [0.15, 0.2) is 0 Å². The number of hydrogen-bond acceptors (Lipinski definition) is 3. The number of nitrogens with one attached hydrogen (secondary N) is 1. The third-order valence-electron chi connectivity index (χ3n) is 1.60. The first-order chi connectivity index (χ1) is 4.93. The maximum atomic E-state index is 5.39. The van der Waals surface area contributed by atoms with Crippen LogP contribution in [0.4, 0.5) is 0 Å². The second-order valence-corrected chi connectivity index (χ2v) is 2.45. The van der Waals surface area contributed by atoms with Crippen LogP contribution in [0.2, 0.25) is 0 Å². The smallest absolute Gasteiger partial charge is 0.110 e. The van der Waals surface area contributed by atoms with E-state index >= 15 is 0 Å². The number of hydrogen-bond donors (Lipinski definition) is 1. The Morgan fingerprint density at radius 1 is 1.64 bits per heavy atom. The number of ether oxygens (including phenoxy) is 2. The van der Waals surface area contributed by atoms with Crippen molar-refractivity contribution in [3.8, 4) is 0 Å². The first kappa shape index (κ1) is 11.2. The summed E-state index contributed by atoms with van der Waals surface area (Å²) in [7, 11) is 1.71. The predicted molar refractivity (Wildman–Crippen MR) is 46.1 cm³/mol. The molecule has 0 aromatic rings. The summed E-state index contributed by atoms with van der Waals surface area (Å²) in [5, 5.41) is 3.25. The summed E-state index contributed by atoms with van der Waals surface area (Å²) < 4.78 is 10.3. The Kier molecular flexibility index (Phi) is 6.96. The van der Waals surface area contributed by atoms with Gasteiger partial charge in [0, 0.05) is 26.7 Å². The van der Waals surface area contributed by atoms with Crippen LogP contribution < -0.4 is 5.32 Å². The van der Waals surface area contributed by atoms with E-state index in [-0.39, 0.29) is 18.6 Å². The molecule has 1 aliphatic heterocycles. The number of halogens is 1. The second kappa shape index (κ2) is 6.85. The largest absolute Gasteiger partial charge is 0.385 e. The van der Waals surface area contributed by atoms with Crippen LogP contribution in [0.5, 0.6) is 0 Å². The highest BCUT2D eigenvalue weighted by Crippen LogP contribution is 2.00. The third-order valence-corrected chi connectivity index (χ3v) is 1.60. The molecule has 1 heterocycles.